The summed E-state index contributed by atoms with van der Waals surface area (Å²) >= 11 is 0. The zero-order valence-corrected chi connectivity index (χ0v) is 23.1. The zero-order chi connectivity index (χ0) is 28.7. The predicted octanol–water partition coefficient (Wildman–Crippen LogP) is 6.96. The topological polar surface area (TPSA) is 55.8 Å². The molecule has 1 amide bonds. The lowest BCUT2D eigenvalue weighted by Gasteiger charge is -2.44. The van der Waals surface area contributed by atoms with Crippen LogP contribution in [0.2, 0.25) is 0 Å². The van der Waals surface area contributed by atoms with Crippen molar-refractivity contribution in [3.63, 3.8) is 0 Å². The summed E-state index contributed by atoms with van der Waals surface area (Å²) in [5.41, 5.74) is 2.44. The molecule has 0 radical (unpaired) electrons. The van der Waals surface area contributed by atoms with Crippen molar-refractivity contribution < 1.29 is 19.1 Å². The highest BCUT2D eigenvalue weighted by Gasteiger charge is 2.66. The van der Waals surface area contributed by atoms with Crippen LogP contribution in [0.1, 0.15) is 40.2 Å². The third kappa shape index (κ3) is 3.63. The Bertz CT molecular complexity index is 1660. The first kappa shape index (κ1) is 25.8. The highest BCUT2D eigenvalue weighted by Crippen LogP contribution is 2.60. The summed E-state index contributed by atoms with van der Waals surface area (Å²) in [5, 5.41) is 0. The maximum absolute atomic E-state index is 15.4. The lowest BCUT2D eigenvalue weighted by Crippen LogP contribution is -2.54. The molecule has 0 saturated carbocycles. The van der Waals surface area contributed by atoms with Crippen LogP contribution in [0.15, 0.2) is 140 Å². The van der Waals surface area contributed by atoms with Crippen molar-refractivity contribution in [1.82, 2.24) is 0 Å². The Labute approximate surface area is 245 Å². The number of hydrogen-bond acceptors (Lipinski definition) is 4. The minimum absolute atomic E-state index is 0.0925. The monoisotopic (exact) mass is 551 g/mol. The molecule has 5 heteroatoms. The molecule has 2 aliphatic rings. The number of carbonyl (C=O) groups excluding carboxylic acids is 2. The molecule has 42 heavy (non-hydrogen) atoms. The molecule has 1 saturated heterocycles. The molecule has 0 N–H and O–H groups in total. The van der Waals surface area contributed by atoms with Gasteiger partial charge in [-0.25, -0.2) is 0 Å². The molecule has 2 aliphatic heterocycles. The van der Waals surface area contributed by atoms with E-state index in [0.29, 0.717) is 17.0 Å². The van der Waals surface area contributed by atoms with Crippen molar-refractivity contribution in [2.24, 2.45) is 0 Å². The molecule has 206 valence electrons. The van der Waals surface area contributed by atoms with E-state index in [1.54, 1.807) is 7.11 Å². The molecule has 5 aromatic rings. The fourth-order valence-corrected chi connectivity index (χ4v) is 6.86. The minimum Gasteiger partial charge on any atom is -0.497 e. The third-order valence-corrected chi connectivity index (χ3v) is 8.63. The van der Waals surface area contributed by atoms with Crippen molar-refractivity contribution in [1.29, 1.82) is 0 Å². The van der Waals surface area contributed by atoms with Crippen LogP contribution in [0.5, 0.6) is 5.75 Å². The summed E-state index contributed by atoms with van der Waals surface area (Å²) in [6, 6.07) is 45.5. The SMILES string of the molecule is COc1ccc([C@@H]2CC(=O)O[C@]23C(=O)N(C(c2ccccc2)(c2ccccc2)c2ccccc2)c2ccccc23)cc1. The summed E-state index contributed by atoms with van der Waals surface area (Å²) in [7, 11) is 1.61. The molecular weight excluding hydrogens is 522 g/mol. The molecule has 2 heterocycles. The minimum atomic E-state index is -1.52. The highest BCUT2D eigenvalue weighted by atomic mass is 16.6. The van der Waals surface area contributed by atoms with Gasteiger partial charge in [0.25, 0.3) is 5.91 Å². The van der Waals surface area contributed by atoms with E-state index in [9.17, 15) is 4.79 Å². The maximum atomic E-state index is 15.4. The van der Waals surface area contributed by atoms with Crippen molar-refractivity contribution >= 4 is 17.6 Å². The van der Waals surface area contributed by atoms with Crippen molar-refractivity contribution in [3.05, 3.63) is 167 Å². The van der Waals surface area contributed by atoms with Crippen LogP contribution in [0.3, 0.4) is 0 Å². The van der Waals surface area contributed by atoms with Crippen LogP contribution in [-0.2, 0) is 25.5 Å². The zero-order valence-electron chi connectivity index (χ0n) is 23.1. The second-order valence-corrected chi connectivity index (χ2v) is 10.7. The summed E-state index contributed by atoms with van der Waals surface area (Å²) in [6.45, 7) is 0. The molecule has 0 unspecified atom stereocenters. The lowest BCUT2D eigenvalue weighted by molar-refractivity contribution is -0.158. The maximum Gasteiger partial charge on any atom is 0.308 e. The van der Waals surface area contributed by atoms with E-state index < -0.39 is 23.0 Å². The molecule has 5 aromatic carbocycles. The number of hydrogen-bond donors (Lipinski definition) is 0. The summed E-state index contributed by atoms with van der Waals surface area (Å²) in [4.78, 5) is 30.5. The summed E-state index contributed by atoms with van der Waals surface area (Å²) < 4.78 is 11.6. The van der Waals surface area contributed by atoms with E-state index >= 15 is 4.79 Å². The van der Waals surface area contributed by atoms with Gasteiger partial charge in [0.15, 0.2) is 0 Å². The second kappa shape index (κ2) is 10.0. The predicted molar refractivity (Wildman–Crippen MR) is 161 cm³/mol. The molecule has 0 bridgehead atoms. The quantitative estimate of drug-likeness (QED) is 0.169. The standard InChI is InChI=1S/C37H29NO4/c1-41-30-23-21-26(22-24-30)32-25-34(39)42-37(32)31-19-11-12-20-33(31)38(35(37)40)36(27-13-5-2-6-14-27,28-15-7-3-8-16-28)29-17-9-4-10-18-29/h2-24,32H,25H2,1H3/t32-,37-/m0/s1. The Balaban J connectivity index is 1.54. The van der Waals surface area contributed by atoms with Gasteiger partial charge in [-0.05, 0) is 40.5 Å². The Morgan fingerprint density at radius 1 is 0.690 bits per heavy atom. The molecule has 1 fully saturated rings. The number of rotatable bonds is 6. The van der Waals surface area contributed by atoms with E-state index in [0.717, 1.165) is 22.3 Å². The largest absolute Gasteiger partial charge is 0.497 e. The first-order valence-corrected chi connectivity index (χ1v) is 14.1. The van der Waals surface area contributed by atoms with Crippen LogP contribution in [-0.4, -0.2) is 19.0 Å². The van der Waals surface area contributed by atoms with Crippen molar-refractivity contribution in [2.75, 3.05) is 12.0 Å². The molecular formula is C37H29NO4. The van der Waals surface area contributed by atoms with E-state index in [2.05, 4.69) is 36.4 Å². The Morgan fingerprint density at radius 3 is 1.71 bits per heavy atom. The van der Waals surface area contributed by atoms with Crippen LogP contribution >= 0.6 is 0 Å². The van der Waals surface area contributed by atoms with Gasteiger partial charge in [-0.15, -0.1) is 0 Å². The fourth-order valence-electron chi connectivity index (χ4n) is 6.86. The number of carbonyl (C=O) groups is 2. The van der Waals surface area contributed by atoms with E-state index in [1.807, 2.05) is 108 Å². The number of para-hydroxylation sites is 1. The molecule has 7 rings (SSSR count). The summed E-state index contributed by atoms with van der Waals surface area (Å²) in [6.07, 6.45) is 0.0925. The number of amides is 1. The van der Waals surface area contributed by atoms with E-state index in [-0.39, 0.29) is 12.3 Å². The normalized spacial score (nSPS) is 19.5. The number of anilines is 1. The fraction of sp³-hybridized carbons (Fsp3) is 0.135. The number of fused-ring (bicyclic) bond motifs is 2. The van der Waals surface area contributed by atoms with Gasteiger partial charge in [0.05, 0.1) is 19.2 Å². The Morgan fingerprint density at radius 2 is 1.19 bits per heavy atom. The van der Waals surface area contributed by atoms with Crippen LogP contribution in [0.25, 0.3) is 0 Å². The number of ether oxygens (including phenoxy) is 2. The van der Waals surface area contributed by atoms with Gasteiger partial charge in [-0.2, -0.15) is 0 Å². The molecule has 0 aliphatic carbocycles. The van der Waals surface area contributed by atoms with Gasteiger partial charge in [0.2, 0.25) is 5.60 Å². The molecule has 5 nitrogen and oxygen atoms in total. The second-order valence-electron chi connectivity index (χ2n) is 10.7. The number of nitrogens with zero attached hydrogens (tertiary/aromatic N) is 1. The van der Waals surface area contributed by atoms with Gasteiger partial charge >= 0.3 is 5.97 Å². The van der Waals surface area contributed by atoms with Gasteiger partial charge in [-0.1, -0.05) is 121 Å². The van der Waals surface area contributed by atoms with E-state index in [1.165, 1.54) is 0 Å². The van der Waals surface area contributed by atoms with Crippen LogP contribution < -0.4 is 9.64 Å². The number of methoxy groups -OCH3 is 1. The van der Waals surface area contributed by atoms with Crippen molar-refractivity contribution in [2.45, 2.75) is 23.5 Å². The highest BCUT2D eigenvalue weighted by molar-refractivity contribution is 6.12. The average molecular weight is 552 g/mol. The lowest BCUT2D eigenvalue weighted by atomic mass is 9.74. The third-order valence-electron chi connectivity index (χ3n) is 8.63. The van der Waals surface area contributed by atoms with Crippen LogP contribution in [0, 0.1) is 0 Å². The Kier molecular flexibility index (Phi) is 6.16. The summed E-state index contributed by atoms with van der Waals surface area (Å²) in [5.74, 6) is -0.485. The number of benzene rings is 5. The Hall–Kier alpha value is -5.16. The molecule has 0 aromatic heterocycles. The first-order valence-electron chi connectivity index (χ1n) is 14.1. The average Bonchev–Trinajstić information content (AvgIpc) is 3.53. The van der Waals surface area contributed by atoms with E-state index in [4.69, 9.17) is 9.47 Å². The van der Waals surface area contributed by atoms with Crippen LogP contribution in [0.4, 0.5) is 5.69 Å². The van der Waals surface area contributed by atoms with Gasteiger partial charge < -0.3 is 9.47 Å². The van der Waals surface area contributed by atoms with Gasteiger partial charge in [-0.3, -0.25) is 14.5 Å². The van der Waals surface area contributed by atoms with Gasteiger partial charge in [0, 0.05) is 11.5 Å². The molecule has 1 spiro atoms. The first-order chi connectivity index (χ1) is 20.6. The smallest absolute Gasteiger partial charge is 0.308 e. The number of esters is 1. The molecule has 2 atom stereocenters. The van der Waals surface area contributed by atoms with Gasteiger partial charge in [0.1, 0.15) is 11.3 Å². The van der Waals surface area contributed by atoms with Crippen molar-refractivity contribution in [3.8, 4) is 5.75 Å².